The summed E-state index contributed by atoms with van der Waals surface area (Å²) in [6.45, 7) is 7.77. The second-order valence-electron chi connectivity index (χ2n) is 5.37. The molecule has 3 atom stereocenters. The minimum atomic E-state index is -0.389. The van der Waals surface area contributed by atoms with Crippen LogP contribution < -0.4 is 0 Å². The molecule has 1 fully saturated rings. The maximum Gasteiger partial charge on any atom is 0.314 e. The van der Waals surface area contributed by atoms with E-state index in [4.69, 9.17) is 9.47 Å². The zero-order valence-electron chi connectivity index (χ0n) is 11.6. The third-order valence-corrected chi connectivity index (χ3v) is 4.10. The van der Waals surface area contributed by atoms with Gasteiger partial charge in [-0.15, -0.1) is 0 Å². The van der Waals surface area contributed by atoms with Gasteiger partial charge in [0.15, 0.2) is 0 Å². The first-order valence-corrected chi connectivity index (χ1v) is 6.76. The van der Waals surface area contributed by atoms with Crippen LogP contribution in [-0.4, -0.2) is 26.3 Å². The highest BCUT2D eigenvalue weighted by Gasteiger charge is 2.50. The van der Waals surface area contributed by atoms with Crippen LogP contribution in [0.1, 0.15) is 46.5 Å². The van der Waals surface area contributed by atoms with Gasteiger partial charge in [0, 0.05) is 5.92 Å². The van der Waals surface area contributed by atoms with Crippen LogP contribution >= 0.6 is 0 Å². The number of hydrogen-bond acceptors (Lipinski definition) is 3. The predicted molar refractivity (Wildman–Crippen MR) is 67.7 cm³/mol. The quantitative estimate of drug-likeness (QED) is 0.672. The number of ether oxygens (including phenoxy) is 2. The number of rotatable bonds is 6. The molecule has 0 amide bonds. The lowest BCUT2D eigenvalue weighted by molar-refractivity contribution is -0.156. The Morgan fingerprint density at radius 3 is 2.76 bits per heavy atom. The topological polar surface area (TPSA) is 35.5 Å². The van der Waals surface area contributed by atoms with Gasteiger partial charge in [-0.1, -0.05) is 33.6 Å². The van der Waals surface area contributed by atoms with Crippen LogP contribution in [-0.2, 0) is 14.3 Å². The van der Waals surface area contributed by atoms with Crippen molar-refractivity contribution < 1.29 is 14.3 Å². The van der Waals surface area contributed by atoms with E-state index in [1.54, 1.807) is 0 Å². The molecular formula is C14H26O3. The predicted octanol–water partition coefficient (Wildman–Crippen LogP) is 3.03. The van der Waals surface area contributed by atoms with Gasteiger partial charge in [0.2, 0.25) is 0 Å². The Balaban J connectivity index is 2.87. The molecule has 0 aromatic rings. The van der Waals surface area contributed by atoms with Crippen molar-refractivity contribution in [3.63, 3.8) is 0 Å². The van der Waals surface area contributed by atoms with Gasteiger partial charge >= 0.3 is 5.97 Å². The number of carbonyl (C=O) groups is 1. The molecule has 3 nitrogen and oxygen atoms in total. The van der Waals surface area contributed by atoms with Crippen LogP contribution in [0.15, 0.2) is 0 Å². The van der Waals surface area contributed by atoms with Gasteiger partial charge in [0.25, 0.3) is 0 Å². The Bertz CT molecular complexity index is 252. The molecule has 0 saturated carbocycles. The van der Waals surface area contributed by atoms with Crippen molar-refractivity contribution in [3.05, 3.63) is 0 Å². The summed E-state index contributed by atoms with van der Waals surface area (Å²) in [5.41, 5.74) is -0.389. The van der Waals surface area contributed by atoms with Gasteiger partial charge < -0.3 is 9.47 Å². The molecule has 1 heterocycles. The summed E-state index contributed by atoms with van der Waals surface area (Å²) in [5.74, 6) is 0.790. The SMILES string of the molecule is CCCC1COCC1(CC(C)CC)C(=O)OC. The largest absolute Gasteiger partial charge is 0.469 e. The van der Waals surface area contributed by atoms with Gasteiger partial charge in [-0.3, -0.25) is 4.79 Å². The van der Waals surface area contributed by atoms with E-state index in [0.29, 0.717) is 25.0 Å². The van der Waals surface area contributed by atoms with E-state index in [1.165, 1.54) is 7.11 Å². The van der Waals surface area contributed by atoms with E-state index in [2.05, 4.69) is 20.8 Å². The van der Waals surface area contributed by atoms with Crippen molar-refractivity contribution in [1.29, 1.82) is 0 Å². The number of methoxy groups -OCH3 is 1. The van der Waals surface area contributed by atoms with Crippen LogP contribution in [0.25, 0.3) is 0 Å². The highest BCUT2D eigenvalue weighted by Crippen LogP contribution is 2.44. The van der Waals surface area contributed by atoms with E-state index in [0.717, 1.165) is 25.7 Å². The molecule has 100 valence electrons. The van der Waals surface area contributed by atoms with Crippen LogP contribution in [0.4, 0.5) is 0 Å². The standard InChI is InChI=1S/C14H26O3/c1-5-7-12-9-17-10-14(12,13(15)16-4)8-11(3)6-2/h11-12H,5-10H2,1-4H3. The van der Waals surface area contributed by atoms with Crippen LogP contribution in [0, 0.1) is 17.3 Å². The molecule has 0 radical (unpaired) electrons. The lowest BCUT2D eigenvalue weighted by Crippen LogP contribution is -2.40. The molecule has 0 aliphatic carbocycles. The molecule has 0 aromatic carbocycles. The first-order chi connectivity index (χ1) is 8.10. The van der Waals surface area contributed by atoms with Crippen molar-refractivity contribution in [2.75, 3.05) is 20.3 Å². The molecule has 1 saturated heterocycles. The molecule has 3 heteroatoms. The molecule has 0 N–H and O–H groups in total. The molecular weight excluding hydrogens is 216 g/mol. The fourth-order valence-electron chi connectivity index (χ4n) is 2.87. The van der Waals surface area contributed by atoms with Gasteiger partial charge in [-0.05, 0) is 18.8 Å². The summed E-state index contributed by atoms with van der Waals surface area (Å²) in [5, 5.41) is 0. The monoisotopic (exact) mass is 242 g/mol. The summed E-state index contributed by atoms with van der Waals surface area (Å²) in [6, 6.07) is 0. The Morgan fingerprint density at radius 2 is 2.24 bits per heavy atom. The molecule has 17 heavy (non-hydrogen) atoms. The minimum absolute atomic E-state index is 0.0752. The van der Waals surface area contributed by atoms with Crippen molar-refractivity contribution in [2.24, 2.45) is 17.3 Å². The highest BCUT2D eigenvalue weighted by atomic mass is 16.5. The average molecular weight is 242 g/mol. The number of carbonyl (C=O) groups excluding carboxylic acids is 1. The fourth-order valence-corrected chi connectivity index (χ4v) is 2.87. The van der Waals surface area contributed by atoms with Crippen LogP contribution in [0.2, 0.25) is 0 Å². The van der Waals surface area contributed by atoms with Gasteiger partial charge in [0.1, 0.15) is 0 Å². The van der Waals surface area contributed by atoms with Crippen LogP contribution in [0.5, 0.6) is 0 Å². The molecule has 0 bridgehead atoms. The van der Waals surface area contributed by atoms with Gasteiger partial charge in [0.05, 0.1) is 25.7 Å². The van der Waals surface area contributed by atoms with Crippen molar-refractivity contribution in [3.8, 4) is 0 Å². The highest BCUT2D eigenvalue weighted by molar-refractivity contribution is 5.77. The van der Waals surface area contributed by atoms with E-state index >= 15 is 0 Å². The molecule has 1 aliphatic heterocycles. The van der Waals surface area contributed by atoms with E-state index in [-0.39, 0.29) is 11.4 Å². The number of hydrogen-bond donors (Lipinski definition) is 0. The number of esters is 1. The van der Waals surface area contributed by atoms with Crippen LogP contribution in [0.3, 0.4) is 0 Å². The second-order valence-corrected chi connectivity index (χ2v) is 5.37. The maximum atomic E-state index is 12.2. The third kappa shape index (κ3) is 3.01. The maximum absolute atomic E-state index is 12.2. The Kier molecular flexibility index (Phi) is 5.44. The van der Waals surface area contributed by atoms with E-state index in [9.17, 15) is 4.79 Å². The molecule has 0 spiro atoms. The zero-order valence-corrected chi connectivity index (χ0v) is 11.6. The molecule has 1 aliphatic rings. The zero-order chi connectivity index (χ0) is 12.9. The first kappa shape index (κ1) is 14.5. The van der Waals surface area contributed by atoms with Crippen molar-refractivity contribution in [2.45, 2.75) is 46.5 Å². The lowest BCUT2D eigenvalue weighted by Gasteiger charge is -2.33. The summed E-state index contributed by atoms with van der Waals surface area (Å²) in [6.07, 6.45) is 4.12. The van der Waals surface area contributed by atoms with Crippen molar-refractivity contribution >= 4 is 5.97 Å². The second kappa shape index (κ2) is 6.39. The minimum Gasteiger partial charge on any atom is -0.469 e. The van der Waals surface area contributed by atoms with Gasteiger partial charge in [-0.2, -0.15) is 0 Å². The Labute approximate surface area is 105 Å². The molecule has 3 unspecified atom stereocenters. The smallest absolute Gasteiger partial charge is 0.314 e. The third-order valence-electron chi connectivity index (χ3n) is 4.10. The Morgan fingerprint density at radius 1 is 1.53 bits per heavy atom. The van der Waals surface area contributed by atoms with E-state index in [1.807, 2.05) is 0 Å². The first-order valence-electron chi connectivity index (χ1n) is 6.76. The van der Waals surface area contributed by atoms with Crippen molar-refractivity contribution in [1.82, 2.24) is 0 Å². The summed E-state index contributed by atoms with van der Waals surface area (Å²) in [4.78, 5) is 12.2. The normalized spacial score (nSPS) is 30.2. The molecule has 1 rings (SSSR count). The lowest BCUT2D eigenvalue weighted by atomic mass is 9.70. The molecule has 0 aromatic heterocycles. The fraction of sp³-hybridized carbons (Fsp3) is 0.929. The summed E-state index contributed by atoms with van der Waals surface area (Å²) in [7, 11) is 1.49. The average Bonchev–Trinajstić information content (AvgIpc) is 2.73. The Hall–Kier alpha value is -0.570. The van der Waals surface area contributed by atoms with Gasteiger partial charge in [-0.25, -0.2) is 0 Å². The summed E-state index contributed by atoms with van der Waals surface area (Å²) < 4.78 is 10.6. The van der Waals surface area contributed by atoms with E-state index < -0.39 is 0 Å². The summed E-state index contributed by atoms with van der Waals surface area (Å²) >= 11 is 0.